The first-order valence-electron chi connectivity index (χ1n) is 8.49. The summed E-state index contributed by atoms with van der Waals surface area (Å²) < 4.78 is 5.60. The van der Waals surface area contributed by atoms with Crippen LogP contribution in [0.25, 0.3) is 0 Å². The monoisotopic (exact) mass is 365 g/mol. The number of halogens is 1. The van der Waals surface area contributed by atoms with Crippen molar-refractivity contribution in [2.24, 2.45) is 0 Å². The Balaban J connectivity index is 1.44. The van der Waals surface area contributed by atoms with Crippen LogP contribution < -0.4 is 10.1 Å². The third-order valence-corrected chi connectivity index (χ3v) is 6.07. The molecule has 0 spiro atoms. The Bertz CT molecular complexity index is 609. The zero-order chi connectivity index (χ0) is 16.8. The van der Waals surface area contributed by atoms with Gasteiger partial charge in [-0.1, -0.05) is 30.5 Å². The van der Waals surface area contributed by atoms with E-state index in [2.05, 4.69) is 22.8 Å². The normalized spacial score (nSPS) is 17.8. The van der Waals surface area contributed by atoms with Crippen molar-refractivity contribution in [3.05, 3.63) is 51.7 Å². The molecule has 0 aliphatic heterocycles. The van der Waals surface area contributed by atoms with E-state index in [1.807, 2.05) is 23.5 Å². The van der Waals surface area contributed by atoms with Crippen LogP contribution in [-0.2, 0) is 5.41 Å². The molecule has 1 saturated carbocycles. The predicted octanol–water partition coefficient (Wildman–Crippen LogP) is 4.24. The molecule has 2 aromatic rings. The van der Waals surface area contributed by atoms with Crippen LogP contribution in [0.15, 0.2) is 41.8 Å². The van der Waals surface area contributed by atoms with Gasteiger partial charge in [0.1, 0.15) is 18.5 Å². The molecule has 1 heterocycles. The second-order valence-corrected chi connectivity index (χ2v) is 7.90. The summed E-state index contributed by atoms with van der Waals surface area (Å²) in [5, 5.41) is 16.4. The van der Waals surface area contributed by atoms with Crippen LogP contribution in [0.2, 0.25) is 5.02 Å². The number of thiophene rings is 1. The maximum Gasteiger partial charge on any atom is 0.119 e. The first kappa shape index (κ1) is 17.7. The summed E-state index contributed by atoms with van der Waals surface area (Å²) in [6.07, 6.45) is 4.53. The van der Waals surface area contributed by atoms with Gasteiger partial charge in [0.2, 0.25) is 0 Å². The molecule has 1 fully saturated rings. The van der Waals surface area contributed by atoms with Crippen LogP contribution >= 0.6 is 22.9 Å². The molecule has 1 aliphatic rings. The summed E-state index contributed by atoms with van der Waals surface area (Å²) in [6.45, 7) is 1.74. The molecule has 2 N–H and O–H groups in total. The highest BCUT2D eigenvalue weighted by molar-refractivity contribution is 7.10. The fourth-order valence-electron chi connectivity index (χ4n) is 3.40. The van der Waals surface area contributed by atoms with Gasteiger partial charge < -0.3 is 15.2 Å². The summed E-state index contributed by atoms with van der Waals surface area (Å²) in [7, 11) is 0. The number of hydrogen-bond donors (Lipinski definition) is 2. The van der Waals surface area contributed by atoms with Crippen LogP contribution in [0.4, 0.5) is 0 Å². The van der Waals surface area contributed by atoms with Crippen LogP contribution in [0, 0.1) is 0 Å². The minimum atomic E-state index is -0.525. The number of benzene rings is 1. The van der Waals surface area contributed by atoms with Gasteiger partial charge in [0.15, 0.2) is 0 Å². The van der Waals surface area contributed by atoms with E-state index in [9.17, 15) is 5.11 Å². The maximum absolute atomic E-state index is 10.1. The Morgan fingerprint density at radius 3 is 2.62 bits per heavy atom. The summed E-state index contributed by atoms with van der Waals surface area (Å²) in [5.74, 6) is 0.726. The number of aliphatic hydroxyl groups excluding tert-OH is 1. The van der Waals surface area contributed by atoms with E-state index in [1.54, 1.807) is 12.1 Å². The lowest BCUT2D eigenvalue weighted by atomic mass is 9.84. The topological polar surface area (TPSA) is 41.5 Å². The number of rotatable bonds is 8. The lowest BCUT2D eigenvalue weighted by molar-refractivity contribution is 0.105. The Labute approximate surface area is 152 Å². The molecule has 1 aliphatic carbocycles. The van der Waals surface area contributed by atoms with Gasteiger partial charge in [-0.3, -0.25) is 0 Å². The number of nitrogens with one attached hydrogen (secondary N) is 1. The molecule has 0 amide bonds. The fraction of sp³-hybridized carbons (Fsp3) is 0.474. The van der Waals surface area contributed by atoms with Crippen LogP contribution in [0.5, 0.6) is 5.75 Å². The number of hydrogen-bond acceptors (Lipinski definition) is 4. The Hall–Kier alpha value is -1.07. The molecule has 0 bridgehead atoms. The first-order chi connectivity index (χ1) is 11.7. The van der Waals surface area contributed by atoms with Gasteiger partial charge in [-0.2, -0.15) is 0 Å². The largest absolute Gasteiger partial charge is 0.491 e. The summed E-state index contributed by atoms with van der Waals surface area (Å²) in [4.78, 5) is 1.47. The van der Waals surface area contributed by atoms with Gasteiger partial charge in [0, 0.05) is 28.4 Å². The standard InChI is InChI=1S/C19H24ClNO2S/c20-15-5-7-17(8-6-15)23-13-16(22)12-21-14-19(9-1-2-10-19)18-4-3-11-24-18/h3-8,11,16,21-22H,1-2,9-10,12-14H2. The second kappa shape index (κ2) is 8.34. The average molecular weight is 366 g/mol. The maximum atomic E-state index is 10.1. The molecule has 0 saturated heterocycles. The molecule has 1 aromatic carbocycles. The minimum absolute atomic E-state index is 0.255. The number of ether oxygens (including phenoxy) is 1. The van der Waals surface area contributed by atoms with Gasteiger partial charge in [-0.25, -0.2) is 0 Å². The molecular formula is C19H24ClNO2S. The minimum Gasteiger partial charge on any atom is -0.491 e. The third-order valence-electron chi connectivity index (χ3n) is 4.70. The molecule has 1 aromatic heterocycles. The third kappa shape index (κ3) is 4.51. The second-order valence-electron chi connectivity index (χ2n) is 6.51. The van der Waals surface area contributed by atoms with E-state index in [0.29, 0.717) is 11.6 Å². The Morgan fingerprint density at radius 1 is 1.21 bits per heavy atom. The highest BCUT2D eigenvalue weighted by Gasteiger charge is 2.36. The first-order valence-corrected chi connectivity index (χ1v) is 9.75. The van der Waals surface area contributed by atoms with E-state index >= 15 is 0 Å². The molecule has 24 heavy (non-hydrogen) atoms. The summed E-state index contributed by atoms with van der Waals surface area (Å²) >= 11 is 7.69. The van der Waals surface area contributed by atoms with Crippen molar-refractivity contribution >= 4 is 22.9 Å². The van der Waals surface area contributed by atoms with Crippen molar-refractivity contribution in [3.8, 4) is 5.75 Å². The van der Waals surface area contributed by atoms with Gasteiger partial charge in [-0.05, 0) is 48.6 Å². The lowest BCUT2D eigenvalue weighted by Crippen LogP contribution is -2.40. The van der Waals surface area contributed by atoms with Crippen molar-refractivity contribution in [3.63, 3.8) is 0 Å². The zero-order valence-corrected chi connectivity index (χ0v) is 15.3. The summed E-state index contributed by atoms with van der Waals surface area (Å²) in [6, 6.07) is 11.6. The van der Waals surface area contributed by atoms with Gasteiger partial charge in [0.25, 0.3) is 0 Å². The molecule has 3 nitrogen and oxygen atoms in total. The SMILES string of the molecule is OC(CNCC1(c2cccs2)CCCC1)COc1ccc(Cl)cc1. The molecule has 1 atom stereocenters. The van der Waals surface area contributed by atoms with E-state index in [1.165, 1.54) is 30.6 Å². The van der Waals surface area contributed by atoms with Crippen molar-refractivity contribution in [2.45, 2.75) is 37.2 Å². The molecule has 1 unspecified atom stereocenters. The quantitative estimate of drug-likeness (QED) is 0.735. The number of aliphatic hydroxyl groups is 1. The van der Waals surface area contributed by atoms with Crippen molar-refractivity contribution < 1.29 is 9.84 Å². The van der Waals surface area contributed by atoms with E-state index in [0.717, 1.165) is 12.3 Å². The smallest absolute Gasteiger partial charge is 0.119 e. The van der Waals surface area contributed by atoms with Crippen molar-refractivity contribution in [2.75, 3.05) is 19.7 Å². The molecule has 0 radical (unpaired) electrons. The van der Waals surface area contributed by atoms with E-state index in [-0.39, 0.29) is 12.0 Å². The lowest BCUT2D eigenvalue weighted by Gasteiger charge is -2.29. The highest BCUT2D eigenvalue weighted by atomic mass is 35.5. The fourth-order valence-corrected chi connectivity index (χ4v) is 4.52. The predicted molar refractivity (Wildman–Crippen MR) is 100 cm³/mol. The zero-order valence-electron chi connectivity index (χ0n) is 13.7. The molecule has 5 heteroatoms. The van der Waals surface area contributed by atoms with Gasteiger partial charge >= 0.3 is 0 Å². The average Bonchev–Trinajstić information content (AvgIpc) is 3.26. The molecular weight excluding hydrogens is 342 g/mol. The molecule has 3 rings (SSSR count). The van der Waals surface area contributed by atoms with Crippen LogP contribution in [0.1, 0.15) is 30.6 Å². The van der Waals surface area contributed by atoms with Gasteiger partial charge in [0.05, 0.1) is 0 Å². The van der Waals surface area contributed by atoms with Crippen molar-refractivity contribution in [1.29, 1.82) is 0 Å². The highest BCUT2D eigenvalue weighted by Crippen LogP contribution is 2.42. The van der Waals surface area contributed by atoms with Gasteiger partial charge in [-0.15, -0.1) is 11.3 Å². The Morgan fingerprint density at radius 2 is 1.96 bits per heavy atom. The van der Waals surface area contributed by atoms with Crippen LogP contribution in [0.3, 0.4) is 0 Å². The van der Waals surface area contributed by atoms with E-state index < -0.39 is 6.10 Å². The molecule has 130 valence electrons. The van der Waals surface area contributed by atoms with Crippen LogP contribution in [-0.4, -0.2) is 30.9 Å². The van der Waals surface area contributed by atoms with E-state index in [4.69, 9.17) is 16.3 Å². The van der Waals surface area contributed by atoms with Crippen molar-refractivity contribution in [1.82, 2.24) is 5.32 Å². The Kier molecular flexibility index (Phi) is 6.17. The summed E-state index contributed by atoms with van der Waals surface area (Å²) in [5.41, 5.74) is 0.255.